The van der Waals surface area contributed by atoms with Gasteiger partial charge in [0.05, 0.1) is 0 Å². The fraction of sp³-hybridized carbons (Fsp3) is 0.143. The molecule has 13 heavy (non-hydrogen) atoms. The topological polar surface area (TPSA) is 35.2 Å². The van der Waals surface area contributed by atoms with Crippen molar-refractivity contribution in [1.82, 2.24) is 0 Å². The van der Waals surface area contributed by atoms with Gasteiger partial charge in [-0.2, -0.15) is 0 Å². The molecule has 0 fully saturated rings. The van der Waals surface area contributed by atoms with Crippen LogP contribution in [-0.2, 0) is 0 Å². The first-order valence-electron chi connectivity index (χ1n) is 3.29. The Morgan fingerprint density at radius 2 is 1.92 bits per heavy atom. The molecule has 0 saturated carbocycles. The van der Waals surface area contributed by atoms with Crippen molar-refractivity contribution < 1.29 is 17.9 Å². The average molecular weight is 187 g/mol. The number of ether oxygens (including phenoxy) is 1. The third kappa shape index (κ3) is 2.89. The van der Waals surface area contributed by atoms with Crippen molar-refractivity contribution in [1.29, 1.82) is 0 Å². The van der Waals surface area contributed by atoms with E-state index in [1.165, 1.54) is 12.1 Å². The minimum absolute atomic E-state index is 0.141. The van der Waals surface area contributed by atoms with Crippen molar-refractivity contribution in [2.24, 2.45) is 0 Å². The van der Waals surface area contributed by atoms with Crippen LogP contribution in [0.1, 0.15) is 0 Å². The molecule has 0 aliphatic heterocycles. The monoisotopic (exact) mass is 187 g/mol. The highest BCUT2D eigenvalue weighted by molar-refractivity contribution is 6.34. The lowest BCUT2D eigenvalue weighted by Gasteiger charge is -2.11. The van der Waals surface area contributed by atoms with Gasteiger partial charge in [0.15, 0.2) is 0 Å². The molecule has 0 bridgehead atoms. The molecular formula is C7H5BF3NO. The van der Waals surface area contributed by atoms with Gasteiger partial charge >= 0.3 is 6.36 Å². The van der Waals surface area contributed by atoms with Crippen molar-refractivity contribution >= 4 is 19.0 Å². The Morgan fingerprint density at radius 1 is 1.31 bits per heavy atom. The minimum Gasteiger partial charge on any atom is -0.406 e. The zero-order chi connectivity index (χ0) is 10.1. The number of anilines is 1. The van der Waals surface area contributed by atoms with Crippen LogP contribution in [0.3, 0.4) is 0 Å². The van der Waals surface area contributed by atoms with Gasteiger partial charge in [-0.1, -0.05) is 5.46 Å². The number of rotatable bonds is 1. The molecule has 0 atom stereocenters. The Bertz CT molecular complexity index is 313. The van der Waals surface area contributed by atoms with E-state index in [0.29, 0.717) is 0 Å². The van der Waals surface area contributed by atoms with E-state index in [9.17, 15) is 13.2 Å². The summed E-state index contributed by atoms with van der Waals surface area (Å²) >= 11 is 0. The highest BCUT2D eigenvalue weighted by atomic mass is 19.4. The van der Waals surface area contributed by atoms with Crippen LogP contribution in [0.5, 0.6) is 5.75 Å². The number of halogens is 3. The van der Waals surface area contributed by atoms with Crippen molar-refractivity contribution in [2.45, 2.75) is 6.36 Å². The number of hydrogen-bond acceptors (Lipinski definition) is 2. The molecule has 1 aromatic carbocycles. The molecule has 1 aromatic rings. The molecule has 0 amide bonds. The second kappa shape index (κ2) is 3.20. The van der Waals surface area contributed by atoms with Gasteiger partial charge in [-0.25, -0.2) is 0 Å². The van der Waals surface area contributed by atoms with E-state index >= 15 is 0 Å². The Hall–Kier alpha value is -1.33. The summed E-state index contributed by atoms with van der Waals surface area (Å²) in [5.74, 6) is -0.443. The highest BCUT2D eigenvalue weighted by Crippen LogP contribution is 2.21. The van der Waals surface area contributed by atoms with Crippen LogP contribution in [0, 0.1) is 0 Å². The molecule has 2 N–H and O–H groups in total. The van der Waals surface area contributed by atoms with Crippen LogP contribution in [0.4, 0.5) is 18.9 Å². The smallest absolute Gasteiger partial charge is 0.406 e. The zero-order valence-corrected chi connectivity index (χ0v) is 6.43. The normalized spacial score (nSPS) is 11.3. The Balaban J connectivity index is 2.90. The summed E-state index contributed by atoms with van der Waals surface area (Å²) in [6, 6.07) is 3.54. The summed E-state index contributed by atoms with van der Waals surface area (Å²) in [5.41, 5.74) is 5.42. The average Bonchev–Trinajstić information content (AvgIpc) is 1.93. The lowest BCUT2D eigenvalue weighted by Crippen LogP contribution is -2.22. The molecule has 0 heterocycles. The maximum Gasteiger partial charge on any atom is 0.573 e. The summed E-state index contributed by atoms with van der Waals surface area (Å²) in [6.45, 7) is 0. The molecule has 6 heteroatoms. The van der Waals surface area contributed by atoms with E-state index in [1.54, 1.807) is 0 Å². The van der Waals surface area contributed by atoms with Crippen LogP contribution >= 0.6 is 0 Å². The van der Waals surface area contributed by atoms with Crippen molar-refractivity contribution in [2.75, 3.05) is 5.73 Å². The minimum atomic E-state index is -4.73. The van der Waals surface area contributed by atoms with Gasteiger partial charge in [0.1, 0.15) is 13.6 Å². The second-order valence-electron chi connectivity index (χ2n) is 2.35. The number of benzene rings is 1. The van der Waals surface area contributed by atoms with Crippen LogP contribution in [0.15, 0.2) is 18.2 Å². The lowest BCUT2D eigenvalue weighted by molar-refractivity contribution is -0.274. The van der Waals surface area contributed by atoms with E-state index in [2.05, 4.69) is 4.74 Å². The predicted octanol–water partition coefficient (Wildman–Crippen LogP) is 0.961. The Morgan fingerprint density at radius 3 is 2.38 bits per heavy atom. The number of hydrogen-bond donors (Lipinski definition) is 1. The lowest BCUT2D eigenvalue weighted by atomic mass is 9.95. The molecule has 0 aliphatic rings. The summed E-state index contributed by atoms with van der Waals surface area (Å²) in [5, 5.41) is 0. The van der Waals surface area contributed by atoms with Crippen LogP contribution < -0.4 is 15.9 Å². The molecule has 68 valence electrons. The first-order chi connectivity index (χ1) is 5.88. The van der Waals surface area contributed by atoms with Gasteiger partial charge < -0.3 is 10.5 Å². The third-order valence-electron chi connectivity index (χ3n) is 1.26. The summed E-state index contributed by atoms with van der Waals surface area (Å²) < 4.78 is 38.7. The van der Waals surface area contributed by atoms with Gasteiger partial charge in [-0.05, 0) is 18.2 Å². The molecule has 0 aliphatic carbocycles. The highest BCUT2D eigenvalue weighted by Gasteiger charge is 2.31. The maximum absolute atomic E-state index is 11.7. The SMILES string of the molecule is [B]c1cc(N)ccc1OC(F)(F)F. The number of alkyl halides is 3. The second-order valence-corrected chi connectivity index (χ2v) is 2.35. The third-order valence-corrected chi connectivity index (χ3v) is 1.26. The van der Waals surface area contributed by atoms with E-state index in [0.717, 1.165) is 6.07 Å². The van der Waals surface area contributed by atoms with Gasteiger partial charge in [0.2, 0.25) is 0 Å². The first kappa shape index (κ1) is 9.76. The Kier molecular flexibility index (Phi) is 2.40. The van der Waals surface area contributed by atoms with Crippen molar-refractivity contribution in [3.05, 3.63) is 18.2 Å². The van der Waals surface area contributed by atoms with Crippen LogP contribution in [0.25, 0.3) is 0 Å². The molecule has 0 saturated heterocycles. The molecular weight excluding hydrogens is 182 g/mol. The van der Waals surface area contributed by atoms with E-state index in [-0.39, 0.29) is 11.2 Å². The molecule has 2 nitrogen and oxygen atoms in total. The Labute approximate surface area is 73.9 Å². The molecule has 2 radical (unpaired) electrons. The first-order valence-corrected chi connectivity index (χ1v) is 3.29. The largest absolute Gasteiger partial charge is 0.573 e. The molecule has 1 rings (SSSR count). The summed E-state index contributed by atoms with van der Waals surface area (Å²) in [4.78, 5) is 0. The van der Waals surface area contributed by atoms with Crippen LogP contribution in [-0.4, -0.2) is 14.2 Å². The quantitative estimate of drug-likeness (QED) is 0.524. The van der Waals surface area contributed by atoms with E-state index < -0.39 is 12.1 Å². The standard InChI is InChI=1S/C7H5BF3NO/c8-5-3-4(12)1-2-6(5)13-7(9,10)11/h1-3H,12H2. The molecule has 0 aromatic heterocycles. The fourth-order valence-corrected chi connectivity index (χ4v) is 0.785. The van der Waals surface area contributed by atoms with E-state index in [1.807, 2.05) is 0 Å². The fourth-order valence-electron chi connectivity index (χ4n) is 0.785. The summed E-state index contributed by atoms with van der Waals surface area (Å²) in [6.07, 6.45) is -4.73. The van der Waals surface area contributed by atoms with Gasteiger partial charge in [0.25, 0.3) is 0 Å². The van der Waals surface area contributed by atoms with Gasteiger partial charge in [0, 0.05) is 5.69 Å². The van der Waals surface area contributed by atoms with Crippen molar-refractivity contribution in [3.8, 4) is 5.75 Å². The van der Waals surface area contributed by atoms with Gasteiger partial charge in [-0.15, -0.1) is 13.2 Å². The van der Waals surface area contributed by atoms with Crippen LogP contribution in [0.2, 0.25) is 0 Å². The zero-order valence-electron chi connectivity index (χ0n) is 6.43. The molecule has 0 spiro atoms. The predicted molar refractivity (Wildman–Crippen MR) is 42.9 cm³/mol. The van der Waals surface area contributed by atoms with Gasteiger partial charge in [-0.3, -0.25) is 0 Å². The number of nitrogens with two attached hydrogens (primary N) is 1. The van der Waals surface area contributed by atoms with Crippen molar-refractivity contribution in [3.63, 3.8) is 0 Å². The number of nitrogen functional groups attached to an aromatic ring is 1. The van der Waals surface area contributed by atoms with E-state index in [4.69, 9.17) is 13.6 Å². The summed E-state index contributed by atoms with van der Waals surface area (Å²) in [7, 11) is 5.22. The molecule has 0 unspecified atom stereocenters. The maximum atomic E-state index is 11.7.